The number of benzene rings is 4. The van der Waals surface area contributed by atoms with Crippen molar-refractivity contribution in [1.82, 2.24) is 16.0 Å². The van der Waals surface area contributed by atoms with E-state index in [0.717, 1.165) is 32.7 Å². The first kappa shape index (κ1) is 41.9. The van der Waals surface area contributed by atoms with Crippen LogP contribution in [-0.4, -0.2) is 68.4 Å². The van der Waals surface area contributed by atoms with E-state index in [4.69, 9.17) is 18.9 Å². The summed E-state index contributed by atoms with van der Waals surface area (Å²) in [5, 5.41) is 12.3. The topological polar surface area (TPSA) is 141 Å². The maximum atomic E-state index is 13.4. The number of methoxy groups -OCH3 is 1. The van der Waals surface area contributed by atoms with Crippen molar-refractivity contribution >= 4 is 45.4 Å². The van der Waals surface area contributed by atoms with Crippen LogP contribution in [0.4, 0.5) is 4.79 Å². The number of unbranched alkanes of at least 4 members (excludes halogenated alkanes) is 1. The zero-order chi connectivity index (χ0) is 39.8. The lowest BCUT2D eigenvalue weighted by Crippen LogP contribution is -2.51. The lowest BCUT2D eigenvalue weighted by atomic mass is 9.92. The Bertz CT molecular complexity index is 1970. The molecule has 292 valence electrons. The summed E-state index contributed by atoms with van der Waals surface area (Å²) in [5.41, 5.74) is 1.17. The number of nitrogens with one attached hydrogen (secondary N) is 3. The number of hydrogen-bond acceptors (Lipinski definition) is 8. The number of alkyl carbamates (subject to hydrolysis) is 1. The van der Waals surface area contributed by atoms with E-state index in [1.807, 2.05) is 48.5 Å². The maximum absolute atomic E-state index is 13.4. The van der Waals surface area contributed by atoms with Crippen LogP contribution in [0.2, 0.25) is 0 Å². The monoisotopic (exact) mass is 751 g/mol. The second-order valence-electron chi connectivity index (χ2n) is 14.0. The minimum atomic E-state index is -0.947. The molecule has 4 aromatic carbocycles. The van der Waals surface area contributed by atoms with E-state index in [9.17, 15) is 19.2 Å². The summed E-state index contributed by atoms with van der Waals surface area (Å²) in [6.07, 6.45) is 4.60. The molecule has 0 aromatic heterocycles. The third-order valence-electron chi connectivity index (χ3n) is 8.64. The van der Waals surface area contributed by atoms with Crippen LogP contribution in [0.1, 0.15) is 59.3 Å². The van der Waals surface area contributed by atoms with Crippen LogP contribution in [0.25, 0.3) is 32.7 Å². The summed E-state index contributed by atoms with van der Waals surface area (Å²) in [6, 6.07) is 22.3. The molecule has 0 saturated heterocycles. The summed E-state index contributed by atoms with van der Waals surface area (Å²) in [6.45, 7) is 13.7. The fraction of sp³-hybridized carbons (Fsp3) is 0.364. The molecule has 0 aliphatic carbocycles. The lowest BCUT2D eigenvalue weighted by Gasteiger charge is -2.22. The van der Waals surface area contributed by atoms with Gasteiger partial charge < -0.3 is 34.9 Å². The highest BCUT2D eigenvalue weighted by atomic mass is 16.6. The van der Waals surface area contributed by atoms with Crippen LogP contribution in [0.3, 0.4) is 0 Å². The van der Waals surface area contributed by atoms with Gasteiger partial charge in [-0.05, 0) is 86.6 Å². The van der Waals surface area contributed by atoms with E-state index in [1.54, 1.807) is 26.8 Å². The SMILES string of the molecule is C=CCOc1ccc2ccccc2c1-c1c(OCCCC(=O)N[C@H](CCCCNC(=O)OC(C)(C)C)C(=O)N[C@@H](CC=C)C(=O)OC)ccc2ccccc12. The van der Waals surface area contributed by atoms with Gasteiger partial charge in [-0.1, -0.05) is 79.4 Å². The molecule has 0 spiro atoms. The quantitative estimate of drug-likeness (QED) is 0.0472. The molecule has 55 heavy (non-hydrogen) atoms. The zero-order valence-corrected chi connectivity index (χ0v) is 32.3. The molecule has 0 aliphatic heterocycles. The lowest BCUT2D eigenvalue weighted by molar-refractivity contribution is -0.145. The van der Waals surface area contributed by atoms with Gasteiger partial charge in [0.25, 0.3) is 0 Å². The summed E-state index contributed by atoms with van der Waals surface area (Å²) < 4.78 is 22.7. The summed E-state index contributed by atoms with van der Waals surface area (Å²) >= 11 is 0. The number of ether oxygens (including phenoxy) is 4. The average Bonchev–Trinajstić information content (AvgIpc) is 3.16. The van der Waals surface area contributed by atoms with E-state index in [2.05, 4.69) is 53.4 Å². The Morgan fingerprint density at radius 2 is 1.36 bits per heavy atom. The number of rotatable bonds is 20. The number of carbonyl (C=O) groups is 4. The summed E-state index contributed by atoms with van der Waals surface area (Å²) in [7, 11) is 1.24. The maximum Gasteiger partial charge on any atom is 0.407 e. The van der Waals surface area contributed by atoms with Gasteiger partial charge in [-0.25, -0.2) is 9.59 Å². The van der Waals surface area contributed by atoms with Gasteiger partial charge in [0.2, 0.25) is 11.8 Å². The standard InChI is InChI=1S/C44H53N3O8/c1-7-16-35(42(50)52-6)47-41(49)34(21-13-14-27-45-43(51)55-44(3,4)5)46-38(48)22-15-29-54-37-26-24-31-18-10-12-20-33(31)40(37)39-32-19-11-9-17-30(32)23-25-36(39)53-28-8-2/h7-12,17-20,23-26,34-35H,1-2,13-16,21-22,27-29H2,3-6H3,(H,45,51)(H,46,48)(H,47,49)/t34-,35+/m1/s1. The Morgan fingerprint density at radius 3 is 1.95 bits per heavy atom. The minimum Gasteiger partial charge on any atom is -0.493 e. The fourth-order valence-electron chi connectivity index (χ4n) is 6.13. The van der Waals surface area contributed by atoms with Gasteiger partial charge in [-0.15, -0.1) is 6.58 Å². The average molecular weight is 752 g/mol. The van der Waals surface area contributed by atoms with Gasteiger partial charge in [0.1, 0.15) is 35.8 Å². The van der Waals surface area contributed by atoms with Crippen molar-refractivity contribution in [3.63, 3.8) is 0 Å². The molecule has 0 fully saturated rings. The molecule has 0 radical (unpaired) electrons. The molecule has 4 aromatic rings. The molecule has 0 heterocycles. The Hall–Kier alpha value is -5.84. The third-order valence-corrected chi connectivity index (χ3v) is 8.64. The summed E-state index contributed by atoms with van der Waals surface area (Å²) in [4.78, 5) is 51.0. The first-order valence-corrected chi connectivity index (χ1v) is 18.6. The summed E-state index contributed by atoms with van der Waals surface area (Å²) in [5.74, 6) is -0.138. The highest BCUT2D eigenvalue weighted by molar-refractivity contribution is 6.09. The van der Waals surface area contributed by atoms with Crippen LogP contribution in [0.15, 0.2) is 98.1 Å². The molecular weight excluding hydrogens is 698 g/mol. The van der Waals surface area contributed by atoms with E-state index >= 15 is 0 Å². The Balaban J connectivity index is 1.46. The number of hydrogen-bond donors (Lipinski definition) is 3. The largest absolute Gasteiger partial charge is 0.493 e. The van der Waals surface area contributed by atoms with E-state index in [1.165, 1.54) is 13.2 Å². The molecule has 2 atom stereocenters. The normalized spacial score (nSPS) is 12.2. The van der Waals surface area contributed by atoms with E-state index < -0.39 is 35.7 Å². The van der Waals surface area contributed by atoms with E-state index in [-0.39, 0.29) is 31.8 Å². The Kier molecular flexibility index (Phi) is 15.7. The van der Waals surface area contributed by atoms with Gasteiger partial charge in [-0.3, -0.25) is 9.59 Å². The molecule has 3 amide bonds. The highest BCUT2D eigenvalue weighted by Gasteiger charge is 2.27. The van der Waals surface area contributed by atoms with Crippen molar-refractivity contribution in [2.75, 3.05) is 26.9 Å². The predicted octanol–water partition coefficient (Wildman–Crippen LogP) is 7.80. The molecule has 3 N–H and O–H groups in total. The Morgan fingerprint density at radius 1 is 0.745 bits per heavy atom. The smallest absolute Gasteiger partial charge is 0.407 e. The molecule has 4 rings (SSSR count). The number of fused-ring (bicyclic) bond motifs is 2. The van der Waals surface area contributed by atoms with Gasteiger partial charge in [-0.2, -0.15) is 0 Å². The zero-order valence-electron chi connectivity index (χ0n) is 32.3. The number of carbonyl (C=O) groups excluding carboxylic acids is 4. The van der Waals surface area contributed by atoms with Crippen LogP contribution in [0, 0.1) is 0 Å². The van der Waals surface area contributed by atoms with Crippen LogP contribution < -0.4 is 25.4 Å². The third kappa shape index (κ3) is 12.3. The Labute approximate surface area is 323 Å². The molecule has 0 bridgehead atoms. The molecule has 0 aliphatic rings. The second-order valence-corrected chi connectivity index (χ2v) is 14.0. The molecule has 0 unspecified atom stereocenters. The molecule has 11 heteroatoms. The first-order valence-electron chi connectivity index (χ1n) is 18.6. The van der Waals surface area contributed by atoms with Gasteiger partial charge in [0.05, 0.1) is 13.7 Å². The predicted molar refractivity (Wildman–Crippen MR) is 216 cm³/mol. The first-order chi connectivity index (χ1) is 26.4. The molecular formula is C44H53N3O8. The van der Waals surface area contributed by atoms with Gasteiger partial charge in [0.15, 0.2) is 0 Å². The van der Waals surface area contributed by atoms with Crippen molar-refractivity contribution in [2.24, 2.45) is 0 Å². The van der Waals surface area contributed by atoms with Crippen molar-refractivity contribution in [3.05, 3.63) is 98.1 Å². The highest BCUT2D eigenvalue weighted by Crippen LogP contribution is 2.45. The second kappa shape index (κ2) is 20.6. The van der Waals surface area contributed by atoms with E-state index in [0.29, 0.717) is 43.9 Å². The molecule has 0 saturated carbocycles. The van der Waals surface area contributed by atoms with Gasteiger partial charge >= 0.3 is 12.1 Å². The van der Waals surface area contributed by atoms with Crippen LogP contribution in [0.5, 0.6) is 11.5 Å². The van der Waals surface area contributed by atoms with Crippen LogP contribution >= 0.6 is 0 Å². The van der Waals surface area contributed by atoms with Crippen molar-refractivity contribution in [1.29, 1.82) is 0 Å². The van der Waals surface area contributed by atoms with Crippen molar-refractivity contribution in [3.8, 4) is 22.6 Å². The number of esters is 1. The van der Waals surface area contributed by atoms with Crippen LogP contribution in [-0.2, 0) is 23.9 Å². The minimum absolute atomic E-state index is 0.0853. The van der Waals surface area contributed by atoms with Crippen molar-refractivity contribution < 1.29 is 38.1 Å². The molecule has 11 nitrogen and oxygen atoms in total. The number of amides is 3. The van der Waals surface area contributed by atoms with Crippen molar-refractivity contribution in [2.45, 2.75) is 77.0 Å². The fourth-order valence-corrected chi connectivity index (χ4v) is 6.13. The van der Waals surface area contributed by atoms with Gasteiger partial charge in [0, 0.05) is 24.1 Å².